The van der Waals surface area contributed by atoms with E-state index in [-0.39, 0.29) is 17.0 Å². The average molecular weight is 355 g/mol. The van der Waals surface area contributed by atoms with Crippen molar-refractivity contribution >= 4 is 32.9 Å². The molecule has 21 heavy (non-hydrogen) atoms. The first-order chi connectivity index (χ1) is 10.1. The van der Waals surface area contributed by atoms with Crippen LogP contribution in [0, 0.1) is 11.0 Å². The Morgan fingerprint density at radius 1 is 1.33 bits per heavy atom. The minimum absolute atomic E-state index is 0.0564. The van der Waals surface area contributed by atoms with Gasteiger partial charge in [-0.05, 0) is 23.8 Å². The van der Waals surface area contributed by atoms with Crippen molar-refractivity contribution in [1.29, 1.82) is 0 Å². The minimum Gasteiger partial charge on any atom is -0.594 e. The van der Waals surface area contributed by atoms with Crippen LogP contribution in [0.25, 0.3) is 11.0 Å². The summed E-state index contributed by atoms with van der Waals surface area (Å²) >= 11 is 3.17. The smallest absolute Gasteiger partial charge is 0.293 e. The summed E-state index contributed by atoms with van der Waals surface area (Å²) in [6.07, 6.45) is 5.69. The standard InChI is InChI=1S/C14H16BrFN4O/c1-19(10-5-3-2-4-6-10)14-17-13-11(16)7-9(15)8-12(13)20(21)18-14/h7-8,10H,2-6H2,1H3. The molecule has 0 spiro atoms. The molecule has 1 aromatic carbocycles. The number of hydrogen-bond acceptors (Lipinski definition) is 4. The Morgan fingerprint density at radius 3 is 2.76 bits per heavy atom. The Bertz CT molecular complexity index is 676. The Kier molecular flexibility index (Phi) is 3.93. The molecule has 3 rings (SSSR count). The molecule has 0 atom stereocenters. The third kappa shape index (κ3) is 2.79. The molecule has 0 unspecified atom stereocenters. The Balaban J connectivity index is 2.03. The van der Waals surface area contributed by atoms with Crippen LogP contribution in [0.5, 0.6) is 0 Å². The van der Waals surface area contributed by atoms with Gasteiger partial charge in [-0.3, -0.25) is 0 Å². The first-order valence-corrected chi connectivity index (χ1v) is 7.85. The van der Waals surface area contributed by atoms with Gasteiger partial charge in [0.05, 0.1) is 5.10 Å². The molecular weight excluding hydrogens is 339 g/mol. The van der Waals surface area contributed by atoms with Gasteiger partial charge in [0.1, 0.15) is 0 Å². The molecule has 7 heteroatoms. The van der Waals surface area contributed by atoms with E-state index >= 15 is 0 Å². The number of hydrogen-bond donors (Lipinski definition) is 0. The molecule has 1 aliphatic rings. The van der Waals surface area contributed by atoms with Gasteiger partial charge >= 0.3 is 0 Å². The zero-order chi connectivity index (χ0) is 15.0. The van der Waals surface area contributed by atoms with Crippen molar-refractivity contribution in [3.63, 3.8) is 0 Å². The van der Waals surface area contributed by atoms with Crippen molar-refractivity contribution in [2.75, 3.05) is 11.9 Å². The van der Waals surface area contributed by atoms with Crippen LogP contribution in [0.1, 0.15) is 32.1 Å². The van der Waals surface area contributed by atoms with Gasteiger partial charge in [-0.25, -0.2) is 4.39 Å². The summed E-state index contributed by atoms with van der Waals surface area (Å²) in [7, 11) is 1.87. The number of benzene rings is 1. The van der Waals surface area contributed by atoms with Gasteiger partial charge in [0.2, 0.25) is 0 Å². The molecule has 0 bridgehead atoms. The number of anilines is 1. The lowest BCUT2D eigenvalue weighted by atomic mass is 9.95. The lowest BCUT2D eigenvalue weighted by Gasteiger charge is -2.30. The normalized spacial score (nSPS) is 16.3. The highest BCUT2D eigenvalue weighted by atomic mass is 79.9. The monoisotopic (exact) mass is 354 g/mol. The third-order valence-corrected chi connectivity index (χ3v) is 4.50. The molecular formula is C14H16BrFN4O. The molecule has 1 saturated carbocycles. The van der Waals surface area contributed by atoms with Crippen molar-refractivity contribution in [1.82, 2.24) is 10.1 Å². The van der Waals surface area contributed by atoms with Crippen LogP contribution in [0.3, 0.4) is 0 Å². The fourth-order valence-electron chi connectivity index (χ4n) is 2.85. The topological polar surface area (TPSA) is 56.0 Å². The van der Waals surface area contributed by atoms with Crippen molar-refractivity contribution in [3.05, 3.63) is 27.6 Å². The van der Waals surface area contributed by atoms with Crippen LogP contribution in [0.2, 0.25) is 0 Å². The summed E-state index contributed by atoms with van der Waals surface area (Å²) in [6, 6.07) is 3.14. The highest BCUT2D eigenvalue weighted by molar-refractivity contribution is 9.10. The summed E-state index contributed by atoms with van der Waals surface area (Å²) in [5.41, 5.74) is 0.184. The lowest BCUT2D eigenvalue weighted by Crippen LogP contribution is -2.40. The second-order valence-electron chi connectivity index (χ2n) is 5.44. The fourth-order valence-corrected chi connectivity index (χ4v) is 3.27. The van der Waals surface area contributed by atoms with E-state index in [1.807, 2.05) is 11.9 Å². The van der Waals surface area contributed by atoms with Gasteiger partial charge in [-0.1, -0.05) is 35.2 Å². The van der Waals surface area contributed by atoms with Crippen LogP contribution in [0.15, 0.2) is 16.6 Å². The summed E-state index contributed by atoms with van der Waals surface area (Å²) in [5.74, 6) is -0.240. The molecule has 1 fully saturated rings. The zero-order valence-electron chi connectivity index (χ0n) is 11.7. The summed E-state index contributed by atoms with van der Waals surface area (Å²) in [5, 5.41) is 16.0. The van der Waals surface area contributed by atoms with Gasteiger partial charge in [0, 0.05) is 23.6 Å². The quantitative estimate of drug-likeness (QED) is 0.614. The molecule has 5 nitrogen and oxygen atoms in total. The maximum atomic E-state index is 14.0. The molecule has 0 amide bonds. The van der Waals surface area contributed by atoms with Crippen LogP contribution < -0.4 is 9.75 Å². The molecule has 1 aliphatic carbocycles. The number of nitrogens with zero attached hydrogens (tertiary/aromatic N) is 4. The van der Waals surface area contributed by atoms with E-state index in [4.69, 9.17) is 0 Å². The Morgan fingerprint density at radius 2 is 2.05 bits per heavy atom. The van der Waals surface area contributed by atoms with Crippen LogP contribution in [0.4, 0.5) is 10.3 Å². The second kappa shape index (κ2) is 5.71. The average Bonchev–Trinajstić information content (AvgIpc) is 2.48. The van der Waals surface area contributed by atoms with Gasteiger partial charge in [0.25, 0.3) is 11.5 Å². The minimum atomic E-state index is -0.523. The molecule has 0 aliphatic heterocycles. The van der Waals surface area contributed by atoms with Gasteiger partial charge in [-0.2, -0.15) is 4.98 Å². The van der Waals surface area contributed by atoms with Crippen LogP contribution >= 0.6 is 15.9 Å². The van der Waals surface area contributed by atoms with Crippen molar-refractivity contribution in [2.45, 2.75) is 38.1 Å². The summed E-state index contributed by atoms with van der Waals surface area (Å²) in [4.78, 5) is 6.60. The highest BCUT2D eigenvalue weighted by Crippen LogP contribution is 2.25. The molecule has 1 aromatic heterocycles. The predicted octanol–water partition coefficient (Wildman–Crippen LogP) is 2.93. The van der Waals surface area contributed by atoms with E-state index in [2.05, 4.69) is 26.0 Å². The van der Waals surface area contributed by atoms with Gasteiger partial charge in [-0.15, -0.1) is 0 Å². The van der Waals surface area contributed by atoms with Crippen LogP contribution in [-0.2, 0) is 0 Å². The number of fused-ring (bicyclic) bond motifs is 1. The number of aromatic nitrogens is 3. The van der Waals surface area contributed by atoms with Crippen molar-refractivity contribution in [3.8, 4) is 0 Å². The maximum Gasteiger partial charge on any atom is 0.293 e. The van der Waals surface area contributed by atoms with E-state index < -0.39 is 5.82 Å². The molecule has 0 radical (unpaired) electrons. The molecule has 112 valence electrons. The van der Waals surface area contributed by atoms with Gasteiger partial charge in [0.15, 0.2) is 11.3 Å². The number of halogens is 2. The largest absolute Gasteiger partial charge is 0.594 e. The van der Waals surface area contributed by atoms with E-state index in [9.17, 15) is 9.60 Å². The first-order valence-electron chi connectivity index (χ1n) is 7.06. The maximum absolute atomic E-state index is 14.0. The second-order valence-corrected chi connectivity index (χ2v) is 6.36. The van der Waals surface area contributed by atoms with E-state index in [1.165, 1.54) is 31.4 Å². The SMILES string of the molecule is CN(c1nc2c(F)cc(Br)cc2[n+]([O-])n1)C1CCCCC1. The lowest BCUT2D eigenvalue weighted by molar-refractivity contribution is -0.641. The van der Waals surface area contributed by atoms with Crippen molar-refractivity contribution in [2.24, 2.45) is 0 Å². The van der Waals surface area contributed by atoms with Crippen LogP contribution in [-0.4, -0.2) is 23.2 Å². The molecule has 2 aromatic rings. The molecule has 1 heterocycles. The predicted molar refractivity (Wildman–Crippen MR) is 81.4 cm³/mol. The summed E-state index contributed by atoms with van der Waals surface area (Å²) in [6.45, 7) is 0. The summed E-state index contributed by atoms with van der Waals surface area (Å²) < 4.78 is 14.5. The number of rotatable bonds is 2. The van der Waals surface area contributed by atoms with Gasteiger partial charge < -0.3 is 10.1 Å². The third-order valence-electron chi connectivity index (χ3n) is 4.04. The molecule has 0 N–H and O–H groups in total. The Hall–Kier alpha value is -1.50. The zero-order valence-corrected chi connectivity index (χ0v) is 13.3. The van der Waals surface area contributed by atoms with E-state index in [0.29, 0.717) is 15.4 Å². The molecule has 0 saturated heterocycles. The van der Waals surface area contributed by atoms with E-state index in [0.717, 1.165) is 12.8 Å². The fraction of sp³-hybridized carbons (Fsp3) is 0.500. The van der Waals surface area contributed by atoms with Crippen molar-refractivity contribution < 1.29 is 9.24 Å². The van der Waals surface area contributed by atoms with E-state index in [1.54, 1.807) is 0 Å². The Labute approximate surface area is 130 Å². The first kappa shape index (κ1) is 14.4. The highest BCUT2D eigenvalue weighted by Gasteiger charge is 2.24.